The molecular weight excluding hydrogens is 446 g/mol. The van der Waals surface area contributed by atoms with Crippen molar-refractivity contribution in [3.63, 3.8) is 0 Å². The topological polar surface area (TPSA) is 94.1 Å². The highest BCUT2D eigenvalue weighted by molar-refractivity contribution is 6.05. The third kappa shape index (κ3) is 8.46. The van der Waals surface area contributed by atoms with Crippen molar-refractivity contribution in [2.24, 2.45) is 0 Å². The SMILES string of the molecule is CCOC(=O)COc1ccc(CO)cc1NC(=O)c1ccc(OCCCCc2ccccc2)cc1. The number of carbonyl (C=O) groups is 2. The molecule has 3 aromatic rings. The van der Waals surface area contributed by atoms with Crippen LogP contribution in [0.1, 0.15) is 41.3 Å². The van der Waals surface area contributed by atoms with Crippen LogP contribution in [0.5, 0.6) is 11.5 Å². The molecule has 0 aliphatic heterocycles. The molecule has 3 aromatic carbocycles. The van der Waals surface area contributed by atoms with Gasteiger partial charge in [-0.25, -0.2) is 4.79 Å². The second-order valence-electron chi connectivity index (χ2n) is 7.85. The summed E-state index contributed by atoms with van der Waals surface area (Å²) in [4.78, 5) is 24.4. The van der Waals surface area contributed by atoms with Gasteiger partial charge in [0.25, 0.3) is 5.91 Å². The van der Waals surface area contributed by atoms with Gasteiger partial charge in [0, 0.05) is 5.56 Å². The number of nitrogens with one attached hydrogen (secondary N) is 1. The van der Waals surface area contributed by atoms with E-state index >= 15 is 0 Å². The van der Waals surface area contributed by atoms with Crippen LogP contribution in [-0.4, -0.2) is 36.8 Å². The Morgan fingerprint density at radius 2 is 1.66 bits per heavy atom. The number of rotatable bonds is 13. The summed E-state index contributed by atoms with van der Waals surface area (Å²) in [6.45, 7) is 2.09. The van der Waals surface area contributed by atoms with Gasteiger partial charge in [0.1, 0.15) is 11.5 Å². The number of esters is 1. The van der Waals surface area contributed by atoms with Gasteiger partial charge < -0.3 is 24.6 Å². The van der Waals surface area contributed by atoms with Crippen molar-refractivity contribution in [1.82, 2.24) is 0 Å². The predicted octanol–water partition coefficient (Wildman–Crippen LogP) is 4.77. The first kappa shape index (κ1) is 25.8. The van der Waals surface area contributed by atoms with Gasteiger partial charge in [-0.2, -0.15) is 0 Å². The van der Waals surface area contributed by atoms with Crippen molar-refractivity contribution in [1.29, 1.82) is 0 Å². The molecule has 0 radical (unpaired) electrons. The highest BCUT2D eigenvalue weighted by Gasteiger charge is 2.13. The van der Waals surface area contributed by atoms with E-state index in [4.69, 9.17) is 14.2 Å². The van der Waals surface area contributed by atoms with Crippen molar-refractivity contribution >= 4 is 17.6 Å². The quantitative estimate of drug-likeness (QED) is 0.272. The van der Waals surface area contributed by atoms with Gasteiger partial charge in [-0.3, -0.25) is 4.79 Å². The number of carbonyl (C=O) groups excluding carboxylic acids is 2. The van der Waals surface area contributed by atoms with Gasteiger partial charge in [0.05, 0.1) is 25.5 Å². The molecule has 0 aromatic heterocycles. The second-order valence-corrected chi connectivity index (χ2v) is 7.85. The molecular formula is C28H31NO6. The van der Waals surface area contributed by atoms with Crippen LogP contribution in [0.3, 0.4) is 0 Å². The largest absolute Gasteiger partial charge is 0.494 e. The lowest BCUT2D eigenvalue weighted by Gasteiger charge is -2.14. The molecule has 0 fully saturated rings. The summed E-state index contributed by atoms with van der Waals surface area (Å²) in [5.41, 5.74) is 2.71. The van der Waals surface area contributed by atoms with E-state index in [2.05, 4.69) is 17.4 Å². The number of unbranched alkanes of at least 4 members (excludes halogenated alkanes) is 1. The molecule has 2 N–H and O–H groups in total. The van der Waals surface area contributed by atoms with Gasteiger partial charge >= 0.3 is 5.97 Å². The van der Waals surface area contributed by atoms with E-state index in [1.54, 1.807) is 49.4 Å². The number of ether oxygens (including phenoxy) is 3. The summed E-state index contributed by atoms with van der Waals surface area (Å²) in [6, 6.07) is 22.1. The summed E-state index contributed by atoms with van der Waals surface area (Å²) >= 11 is 0. The Bertz CT molecular complexity index is 1080. The molecule has 0 spiro atoms. The predicted molar refractivity (Wildman–Crippen MR) is 134 cm³/mol. The van der Waals surface area contributed by atoms with Crippen LogP contribution >= 0.6 is 0 Å². The highest BCUT2D eigenvalue weighted by atomic mass is 16.6. The second kappa shape index (κ2) is 13.8. The molecule has 3 rings (SSSR count). The first-order chi connectivity index (χ1) is 17.1. The number of aliphatic hydroxyl groups is 1. The van der Waals surface area contributed by atoms with Crippen LogP contribution in [0.2, 0.25) is 0 Å². The minimum Gasteiger partial charge on any atom is -0.494 e. The lowest BCUT2D eigenvalue weighted by molar-refractivity contribution is -0.145. The number of hydrogen-bond acceptors (Lipinski definition) is 6. The Labute approximate surface area is 205 Å². The van der Waals surface area contributed by atoms with E-state index in [0.29, 0.717) is 34.9 Å². The third-order valence-electron chi connectivity index (χ3n) is 5.21. The molecule has 0 atom stereocenters. The third-order valence-corrected chi connectivity index (χ3v) is 5.21. The van der Waals surface area contributed by atoms with E-state index in [1.807, 2.05) is 18.2 Å². The van der Waals surface area contributed by atoms with Crippen LogP contribution in [0.15, 0.2) is 72.8 Å². The number of aryl methyl sites for hydroxylation is 1. The Kier molecular flexibility index (Phi) is 10.1. The Hall–Kier alpha value is -3.84. The maximum atomic E-state index is 12.8. The molecule has 35 heavy (non-hydrogen) atoms. The standard InChI is InChI=1S/C28H31NO6/c1-2-33-27(31)20-35-26-16-11-22(19-30)18-25(26)29-28(32)23-12-14-24(15-13-23)34-17-7-6-10-21-8-4-3-5-9-21/h3-5,8-9,11-16,18,30H,2,6-7,10,17,19-20H2,1H3,(H,29,32). The zero-order valence-electron chi connectivity index (χ0n) is 19.9. The summed E-state index contributed by atoms with van der Waals surface area (Å²) < 4.78 is 16.2. The van der Waals surface area contributed by atoms with Crippen molar-refractivity contribution in [3.8, 4) is 11.5 Å². The molecule has 7 nitrogen and oxygen atoms in total. The molecule has 184 valence electrons. The summed E-state index contributed by atoms with van der Waals surface area (Å²) in [5.74, 6) is 0.142. The Morgan fingerprint density at radius 1 is 0.886 bits per heavy atom. The summed E-state index contributed by atoms with van der Waals surface area (Å²) in [7, 11) is 0. The number of aliphatic hydroxyl groups excluding tert-OH is 1. The van der Waals surface area contributed by atoms with Crippen LogP contribution in [0.4, 0.5) is 5.69 Å². The fraction of sp³-hybridized carbons (Fsp3) is 0.286. The summed E-state index contributed by atoms with van der Waals surface area (Å²) in [6.07, 6.45) is 3.00. The Balaban J connectivity index is 1.52. The smallest absolute Gasteiger partial charge is 0.344 e. The Morgan fingerprint density at radius 3 is 2.37 bits per heavy atom. The zero-order chi connectivity index (χ0) is 24.9. The molecule has 0 saturated heterocycles. The average molecular weight is 478 g/mol. The van der Waals surface area contributed by atoms with Gasteiger partial charge in [-0.15, -0.1) is 0 Å². The molecule has 7 heteroatoms. The number of hydrogen-bond donors (Lipinski definition) is 2. The van der Waals surface area contributed by atoms with Crippen LogP contribution in [0, 0.1) is 0 Å². The normalized spacial score (nSPS) is 10.5. The maximum absolute atomic E-state index is 12.8. The number of anilines is 1. The van der Waals surface area contributed by atoms with Gasteiger partial charge in [0.15, 0.2) is 6.61 Å². The van der Waals surface area contributed by atoms with Crippen molar-refractivity contribution in [2.75, 3.05) is 25.1 Å². The van der Waals surface area contributed by atoms with Crippen molar-refractivity contribution in [3.05, 3.63) is 89.5 Å². The van der Waals surface area contributed by atoms with E-state index < -0.39 is 5.97 Å². The minimum absolute atomic E-state index is 0.196. The van der Waals surface area contributed by atoms with Crippen molar-refractivity contribution in [2.45, 2.75) is 32.8 Å². The van der Waals surface area contributed by atoms with Crippen LogP contribution in [-0.2, 0) is 22.6 Å². The van der Waals surface area contributed by atoms with Crippen molar-refractivity contribution < 1.29 is 28.9 Å². The first-order valence-electron chi connectivity index (χ1n) is 11.7. The molecule has 0 aliphatic rings. The van der Waals surface area contributed by atoms with E-state index in [0.717, 1.165) is 19.3 Å². The molecule has 0 unspecified atom stereocenters. The molecule has 0 aliphatic carbocycles. The van der Waals surface area contributed by atoms with E-state index in [1.165, 1.54) is 5.56 Å². The van der Waals surface area contributed by atoms with Gasteiger partial charge in [0.2, 0.25) is 0 Å². The average Bonchev–Trinajstić information content (AvgIpc) is 2.88. The lowest BCUT2D eigenvalue weighted by atomic mass is 10.1. The number of benzene rings is 3. The maximum Gasteiger partial charge on any atom is 0.344 e. The van der Waals surface area contributed by atoms with E-state index in [9.17, 15) is 14.7 Å². The van der Waals surface area contributed by atoms with E-state index in [-0.39, 0.29) is 25.7 Å². The fourth-order valence-corrected chi connectivity index (χ4v) is 3.40. The molecule has 1 amide bonds. The molecule has 0 heterocycles. The fourth-order valence-electron chi connectivity index (χ4n) is 3.40. The van der Waals surface area contributed by atoms with Crippen LogP contribution in [0.25, 0.3) is 0 Å². The summed E-state index contributed by atoms with van der Waals surface area (Å²) in [5, 5.41) is 12.2. The van der Waals surface area contributed by atoms with Crippen LogP contribution < -0.4 is 14.8 Å². The van der Waals surface area contributed by atoms with Gasteiger partial charge in [-0.1, -0.05) is 36.4 Å². The first-order valence-corrected chi connectivity index (χ1v) is 11.7. The molecule has 0 bridgehead atoms. The zero-order valence-corrected chi connectivity index (χ0v) is 19.9. The number of amides is 1. The minimum atomic E-state index is -0.508. The molecule has 0 saturated carbocycles. The van der Waals surface area contributed by atoms with Gasteiger partial charge in [-0.05, 0) is 73.7 Å². The highest BCUT2D eigenvalue weighted by Crippen LogP contribution is 2.27. The monoisotopic (exact) mass is 477 g/mol. The lowest BCUT2D eigenvalue weighted by Crippen LogP contribution is -2.17.